The number of hydrogen-bond donors (Lipinski definition) is 3. The maximum atomic E-state index is 12.2. The fourth-order valence-electron chi connectivity index (χ4n) is 3.14. The van der Waals surface area contributed by atoms with Crippen molar-refractivity contribution >= 4 is 23.2 Å². The van der Waals surface area contributed by atoms with Crippen molar-refractivity contribution in [3.05, 3.63) is 69.8 Å². The van der Waals surface area contributed by atoms with E-state index in [2.05, 4.69) is 10.6 Å². The van der Waals surface area contributed by atoms with E-state index in [1.807, 2.05) is 6.07 Å². The molecule has 0 aliphatic heterocycles. The molecule has 1 saturated carbocycles. The van der Waals surface area contributed by atoms with Crippen LogP contribution in [0, 0.1) is 23.0 Å². The lowest BCUT2D eigenvalue weighted by Crippen LogP contribution is -2.45. The standard InChI is InChI=1S/C20H21N3O5/c1-13-7-10-16(17(11-13)23(27)28)22-19(25)18(24)21-12-20(26,15-8-9-15)14-5-3-2-4-6-14/h2-7,10-11,15,26H,8-9,12H2,1H3,(H,21,24)(H,22,25). The van der Waals surface area contributed by atoms with E-state index in [1.54, 1.807) is 37.3 Å². The van der Waals surface area contributed by atoms with Crippen molar-refractivity contribution in [3.8, 4) is 0 Å². The Morgan fingerprint density at radius 2 is 1.86 bits per heavy atom. The number of rotatable bonds is 6. The van der Waals surface area contributed by atoms with Gasteiger partial charge in [0.25, 0.3) is 5.69 Å². The zero-order chi connectivity index (χ0) is 20.3. The number of carbonyl (C=O) groups is 2. The highest BCUT2D eigenvalue weighted by Gasteiger charge is 2.45. The number of hydrogen-bond acceptors (Lipinski definition) is 5. The lowest BCUT2D eigenvalue weighted by atomic mass is 9.88. The van der Waals surface area contributed by atoms with Gasteiger partial charge in [-0.3, -0.25) is 19.7 Å². The number of carbonyl (C=O) groups excluding carboxylic acids is 2. The third-order valence-corrected chi connectivity index (χ3v) is 4.85. The summed E-state index contributed by atoms with van der Waals surface area (Å²) in [6.45, 7) is 1.57. The fourth-order valence-corrected chi connectivity index (χ4v) is 3.14. The average Bonchev–Trinajstić information content (AvgIpc) is 3.53. The second kappa shape index (κ2) is 7.77. The van der Waals surface area contributed by atoms with Crippen molar-refractivity contribution in [1.82, 2.24) is 5.32 Å². The maximum Gasteiger partial charge on any atom is 0.313 e. The van der Waals surface area contributed by atoms with Crippen LogP contribution in [0.4, 0.5) is 11.4 Å². The first kappa shape index (κ1) is 19.5. The van der Waals surface area contributed by atoms with Gasteiger partial charge in [0.1, 0.15) is 11.3 Å². The summed E-state index contributed by atoms with van der Waals surface area (Å²) in [5, 5.41) is 26.9. The molecule has 0 heterocycles. The minimum Gasteiger partial charge on any atom is -0.383 e. The van der Waals surface area contributed by atoms with Gasteiger partial charge in [-0.1, -0.05) is 36.4 Å². The van der Waals surface area contributed by atoms with Crippen LogP contribution in [0.1, 0.15) is 24.0 Å². The Hall–Kier alpha value is -3.26. The summed E-state index contributed by atoms with van der Waals surface area (Å²) in [5.41, 5.74) is -0.275. The number of aliphatic hydroxyl groups is 1. The number of nitro benzene ring substituents is 1. The monoisotopic (exact) mass is 383 g/mol. The molecule has 8 heteroatoms. The second-order valence-corrected chi connectivity index (χ2v) is 6.98. The number of anilines is 1. The van der Waals surface area contributed by atoms with E-state index in [0.717, 1.165) is 12.8 Å². The molecule has 0 aromatic heterocycles. The number of aryl methyl sites for hydroxylation is 1. The Morgan fingerprint density at radius 1 is 1.18 bits per heavy atom. The molecular weight excluding hydrogens is 362 g/mol. The van der Waals surface area contributed by atoms with Crippen LogP contribution in [0.3, 0.4) is 0 Å². The second-order valence-electron chi connectivity index (χ2n) is 6.98. The topological polar surface area (TPSA) is 122 Å². The van der Waals surface area contributed by atoms with Crippen LogP contribution in [-0.2, 0) is 15.2 Å². The summed E-state index contributed by atoms with van der Waals surface area (Å²) >= 11 is 0. The minimum absolute atomic E-state index is 0.0106. The van der Waals surface area contributed by atoms with E-state index in [0.29, 0.717) is 11.1 Å². The lowest BCUT2D eigenvalue weighted by molar-refractivity contribution is -0.384. The molecule has 2 aromatic rings. The molecule has 1 aliphatic rings. The predicted octanol–water partition coefficient (Wildman–Crippen LogP) is 2.26. The number of nitrogens with zero attached hydrogens (tertiary/aromatic N) is 1. The predicted molar refractivity (Wildman–Crippen MR) is 103 cm³/mol. The third kappa shape index (κ3) is 4.17. The largest absolute Gasteiger partial charge is 0.383 e. The fraction of sp³-hybridized carbons (Fsp3) is 0.300. The molecule has 2 amide bonds. The average molecular weight is 383 g/mol. The number of nitrogens with one attached hydrogen (secondary N) is 2. The molecule has 0 spiro atoms. The molecule has 1 fully saturated rings. The van der Waals surface area contributed by atoms with E-state index < -0.39 is 22.3 Å². The van der Waals surface area contributed by atoms with E-state index in [4.69, 9.17) is 0 Å². The Labute approximate surface area is 161 Å². The molecule has 8 nitrogen and oxygen atoms in total. The van der Waals surface area contributed by atoms with Crippen LogP contribution in [0.15, 0.2) is 48.5 Å². The number of amides is 2. The first-order valence-corrected chi connectivity index (χ1v) is 8.93. The molecule has 2 aromatic carbocycles. The summed E-state index contributed by atoms with van der Waals surface area (Å²) in [6, 6.07) is 13.3. The molecule has 28 heavy (non-hydrogen) atoms. The molecule has 0 radical (unpaired) electrons. The highest BCUT2D eigenvalue weighted by atomic mass is 16.6. The van der Waals surface area contributed by atoms with E-state index >= 15 is 0 Å². The summed E-state index contributed by atoms with van der Waals surface area (Å²) in [6.07, 6.45) is 1.67. The third-order valence-electron chi connectivity index (χ3n) is 4.85. The highest BCUT2D eigenvalue weighted by molar-refractivity contribution is 6.39. The molecule has 3 N–H and O–H groups in total. The van der Waals surface area contributed by atoms with Gasteiger partial charge in [-0.05, 0) is 42.9 Å². The van der Waals surface area contributed by atoms with E-state index in [9.17, 15) is 24.8 Å². The number of benzene rings is 2. The van der Waals surface area contributed by atoms with E-state index in [-0.39, 0.29) is 23.8 Å². The Balaban J connectivity index is 1.68. The van der Waals surface area contributed by atoms with Gasteiger partial charge in [0, 0.05) is 6.07 Å². The highest BCUT2D eigenvalue weighted by Crippen LogP contribution is 2.45. The molecule has 1 aliphatic carbocycles. The smallest absolute Gasteiger partial charge is 0.313 e. The first-order chi connectivity index (χ1) is 13.3. The zero-order valence-electron chi connectivity index (χ0n) is 15.3. The van der Waals surface area contributed by atoms with Crippen molar-refractivity contribution in [3.63, 3.8) is 0 Å². The van der Waals surface area contributed by atoms with Crippen LogP contribution in [0.25, 0.3) is 0 Å². The van der Waals surface area contributed by atoms with Gasteiger partial charge in [0.05, 0.1) is 11.5 Å². The Morgan fingerprint density at radius 3 is 2.46 bits per heavy atom. The zero-order valence-corrected chi connectivity index (χ0v) is 15.3. The molecule has 3 rings (SSSR count). The Bertz CT molecular complexity index is 911. The van der Waals surface area contributed by atoms with Crippen LogP contribution in [0.5, 0.6) is 0 Å². The summed E-state index contributed by atoms with van der Waals surface area (Å²) in [4.78, 5) is 34.9. The van der Waals surface area contributed by atoms with Crippen LogP contribution >= 0.6 is 0 Å². The van der Waals surface area contributed by atoms with Gasteiger partial charge in [-0.15, -0.1) is 0 Å². The Kier molecular flexibility index (Phi) is 5.41. The normalized spacial score (nSPS) is 15.4. The first-order valence-electron chi connectivity index (χ1n) is 8.93. The minimum atomic E-state index is -1.26. The van der Waals surface area contributed by atoms with Gasteiger partial charge < -0.3 is 15.7 Å². The summed E-state index contributed by atoms with van der Waals surface area (Å²) < 4.78 is 0. The lowest BCUT2D eigenvalue weighted by Gasteiger charge is -2.29. The summed E-state index contributed by atoms with van der Waals surface area (Å²) in [7, 11) is 0. The van der Waals surface area contributed by atoms with Gasteiger partial charge in [-0.25, -0.2) is 0 Å². The SMILES string of the molecule is Cc1ccc(NC(=O)C(=O)NCC(O)(c2ccccc2)C2CC2)c([N+](=O)[O-])c1. The van der Waals surface area contributed by atoms with Crippen molar-refractivity contribution < 1.29 is 19.6 Å². The summed E-state index contributed by atoms with van der Waals surface area (Å²) in [5.74, 6) is -1.99. The van der Waals surface area contributed by atoms with Gasteiger partial charge in [-0.2, -0.15) is 0 Å². The van der Waals surface area contributed by atoms with Crippen molar-refractivity contribution in [2.45, 2.75) is 25.4 Å². The van der Waals surface area contributed by atoms with Gasteiger partial charge in [0.15, 0.2) is 0 Å². The molecule has 146 valence electrons. The molecule has 0 bridgehead atoms. The van der Waals surface area contributed by atoms with Crippen molar-refractivity contribution in [1.29, 1.82) is 0 Å². The molecule has 0 saturated heterocycles. The van der Waals surface area contributed by atoms with Crippen molar-refractivity contribution in [2.24, 2.45) is 5.92 Å². The molecule has 1 unspecified atom stereocenters. The quantitative estimate of drug-likeness (QED) is 0.401. The maximum absolute atomic E-state index is 12.2. The number of nitro groups is 1. The van der Waals surface area contributed by atoms with Crippen LogP contribution < -0.4 is 10.6 Å². The van der Waals surface area contributed by atoms with Gasteiger partial charge in [0.2, 0.25) is 0 Å². The van der Waals surface area contributed by atoms with Crippen molar-refractivity contribution in [2.75, 3.05) is 11.9 Å². The molecule has 1 atom stereocenters. The molecular formula is C20H21N3O5. The van der Waals surface area contributed by atoms with E-state index in [1.165, 1.54) is 12.1 Å². The van der Waals surface area contributed by atoms with Crippen LogP contribution in [-0.4, -0.2) is 28.4 Å². The van der Waals surface area contributed by atoms with Gasteiger partial charge >= 0.3 is 11.8 Å². The van der Waals surface area contributed by atoms with Crippen LogP contribution in [0.2, 0.25) is 0 Å².